The molecule has 0 unspecified atom stereocenters. The molecule has 0 radical (unpaired) electrons. The van der Waals surface area contributed by atoms with Crippen molar-refractivity contribution in [3.63, 3.8) is 0 Å². The second-order valence-electron chi connectivity index (χ2n) is 3.75. The Bertz CT molecular complexity index is 443. The maximum Gasteiger partial charge on any atom is 0.0921 e. The van der Waals surface area contributed by atoms with Crippen molar-refractivity contribution in [2.45, 2.75) is 19.8 Å². The summed E-state index contributed by atoms with van der Waals surface area (Å²) >= 11 is 0. The van der Waals surface area contributed by atoms with Gasteiger partial charge in [-0.2, -0.15) is 9.89 Å². The molecule has 0 aliphatic rings. The standard InChI is InChI=1S/C11H15N3/c1-8(2)9-4-5-10-7-13-14(12-3)11(10)6-9/h4-8,12H,1-3H3. The van der Waals surface area contributed by atoms with Gasteiger partial charge in [0.05, 0.1) is 11.7 Å². The number of nitrogens with one attached hydrogen (secondary N) is 1. The van der Waals surface area contributed by atoms with Crippen molar-refractivity contribution in [3.05, 3.63) is 30.0 Å². The molecule has 0 aliphatic carbocycles. The molecular weight excluding hydrogens is 174 g/mol. The van der Waals surface area contributed by atoms with E-state index in [1.165, 1.54) is 10.9 Å². The van der Waals surface area contributed by atoms with Crippen molar-refractivity contribution in [3.8, 4) is 0 Å². The molecule has 14 heavy (non-hydrogen) atoms. The molecule has 0 atom stereocenters. The van der Waals surface area contributed by atoms with Crippen LogP contribution in [0.1, 0.15) is 25.3 Å². The van der Waals surface area contributed by atoms with Crippen molar-refractivity contribution < 1.29 is 0 Å². The van der Waals surface area contributed by atoms with Crippen LogP contribution in [-0.2, 0) is 0 Å². The Balaban J connectivity index is 2.61. The fourth-order valence-corrected chi connectivity index (χ4v) is 1.57. The number of fused-ring (bicyclic) bond motifs is 1. The zero-order valence-corrected chi connectivity index (χ0v) is 8.78. The summed E-state index contributed by atoms with van der Waals surface area (Å²) in [6.07, 6.45) is 1.87. The number of hydrogen-bond acceptors (Lipinski definition) is 2. The molecule has 2 aromatic rings. The van der Waals surface area contributed by atoms with Gasteiger partial charge in [0.15, 0.2) is 0 Å². The highest BCUT2D eigenvalue weighted by molar-refractivity contribution is 5.79. The summed E-state index contributed by atoms with van der Waals surface area (Å²) in [7, 11) is 1.87. The third-order valence-electron chi connectivity index (χ3n) is 2.47. The van der Waals surface area contributed by atoms with Gasteiger partial charge in [-0.25, -0.2) is 0 Å². The second-order valence-corrected chi connectivity index (χ2v) is 3.75. The first kappa shape index (κ1) is 9.06. The Labute approximate surface area is 83.7 Å². The lowest BCUT2D eigenvalue weighted by Crippen LogP contribution is -2.09. The number of aromatic nitrogens is 2. The van der Waals surface area contributed by atoms with Crippen LogP contribution in [0.2, 0.25) is 0 Å². The van der Waals surface area contributed by atoms with Crippen LogP contribution in [0.5, 0.6) is 0 Å². The minimum Gasteiger partial charge on any atom is -0.313 e. The third kappa shape index (κ3) is 1.35. The lowest BCUT2D eigenvalue weighted by Gasteiger charge is -2.06. The Hall–Kier alpha value is -1.51. The lowest BCUT2D eigenvalue weighted by molar-refractivity contribution is 0.807. The fraction of sp³-hybridized carbons (Fsp3) is 0.364. The largest absolute Gasteiger partial charge is 0.313 e. The normalized spacial score (nSPS) is 11.1. The van der Waals surface area contributed by atoms with Crippen molar-refractivity contribution in [2.24, 2.45) is 0 Å². The second kappa shape index (κ2) is 3.33. The first-order valence-corrected chi connectivity index (χ1v) is 4.88. The third-order valence-corrected chi connectivity index (χ3v) is 2.47. The van der Waals surface area contributed by atoms with Crippen LogP contribution >= 0.6 is 0 Å². The Kier molecular flexibility index (Phi) is 2.15. The Morgan fingerprint density at radius 1 is 1.36 bits per heavy atom. The Morgan fingerprint density at radius 2 is 2.14 bits per heavy atom. The van der Waals surface area contributed by atoms with E-state index in [9.17, 15) is 0 Å². The highest BCUT2D eigenvalue weighted by Gasteiger charge is 2.04. The molecule has 0 aliphatic heterocycles. The summed E-state index contributed by atoms with van der Waals surface area (Å²) in [5, 5.41) is 5.39. The molecule has 1 heterocycles. The molecular formula is C11H15N3. The van der Waals surface area contributed by atoms with Gasteiger partial charge in [0.2, 0.25) is 0 Å². The van der Waals surface area contributed by atoms with Gasteiger partial charge in [-0.1, -0.05) is 26.0 Å². The van der Waals surface area contributed by atoms with E-state index in [0.717, 1.165) is 5.52 Å². The van der Waals surface area contributed by atoms with Crippen molar-refractivity contribution in [2.75, 3.05) is 12.5 Å². The highest BCUT2D eigenvalue weighted by atomic mass is 15.5. The topological polar surface area (TPSA) is 29.9 Å². The van der Waals surface area contributed by atoms with Crippen LogP contribution in [0.15, 0.2) is 24.4 Å². The van der Waals surface area contributed by atoms with Gasteiger partial charge in [-0.3, -0.25) is 0 Å². The predicted octanol–water partition coefficient (Wildman–Crippen LogP) is 2.33. The van der Waals surface area contributed by atoms with E-state index >= 15 is 0 Å². The molecule has 0 fully saturated rings. The van der Waals surface area contributed by atoms with Crippen molar-refractivity contribution >= 4 is 10.9 Å². The molecule has 1 aromatic heterocycles. The van der Waals surface area contributed by atoms with Gasteiger partial charge in [-0.15, -0.1) is 0 Å². The molecule has 0 spiro atoms. The van der Waals surface area contributed by atoms with E-state index in [1.807, 2.05) is 13.2 Å². The molecule has 3 nitrogen and oxygen atoms in total. The first-order valence-electron chi connectivity index (χ1n) is 4.88. The van der Waals surface area contributed by atoms with Gasteiger partial charge in [0.1, 0.15) is 0 Å². The summed E-state index contributed by atoms with van der Waals surface area (Å²) in [4.78, 5) is 1.79. The van der Waals surface area contributed by atoms with Crippen LogP contribution in [0, 0.1) is 0 Å². The van der Waals surface area contributed by atoms with E-state index in [4.69, 9.17) is 0 Å². The fourth-order valence-electron chi connectivity index (χ4n) is 1.57. The molecule has 0 bridgehead atoms. The zero-order valence-electron chi connectivity index (χ0n) is 8.78. The summed E-state index contributed by atoms with van der Waals surface area (Å²) in [6, 6.07) is 6.46. The minimum absolute atomic E-state index is 0.555. The van der Waals surface area contributed by atoms with Gasteiger partial charge in [0, 0.05) is 12.4 Å². The first-order chi connectivity index (χ1) is 6.72. The smallest absolute Gasteiger partial charge is 0.0921 e. The molecule has 2 rings (SSSR count). The van der Waals surface area contributed by atoms with Crippen LogP contribution in [-0.4, -0.2) is 16.9 Å². The van der Waals surface area contributed by atoms with Gasteiger partial charge < -0.3 is 5.43 Å². The molecule has 1 N–H and O–H groups in total. The minimum atomic E-state index is 0.555. The van der Waals surface area contributed by atoms with Crippen molar-refractivity contribution in [1.29, 1.82) is 0 Å². The summed E-state index contributed by atoms with van der Waals surface area (Å²) in [5.41, 5.74) is 5.50. The summed E-state index contributed by atoms with van der Waals surface area (Å²) < 4.78 is 0. The maximum atomic E-state index is 4.22. The lowest BCUT2D eigenvalue weighted by atomic mass is 10.0. The van der Waals surface area contributed by atoms with Crippen LogP contribution < -0.4 is 5.43 Å². The quantitative estimate of drug-likeness (QED) is 0.785. The van der Waals surface area contributed by atoms with Crippen LogP contribution in [0.3, 0.4) is 0 Å². The zero-order chi connectivity index (χ0) is 10.1. The number of rotatable bonds is 2. The predicted molar refractivity (Wildman–Crippen MR) is 59.1 cm³/mol. The number of benzene rings is 1. The SMILES string of the molecule is CNn1ncc2ccc(C(C)C)cc21. The van der Waals surface area contributed by atoms with E-state index in [2.05, 4.69) is 42.6 Å². The average molecular weight is 189 g/mol. The average Bonchev–Trinajstić information content (AvgIpc) is 2.59. The van der Waals surface area contributed by atoms with E-state index in [0.29, 0.717) is 5.92 Å². The van der Waals surface area contributed by atoms with Crippen molar-refractivity contribution in [1.82, 2.24) is 9.89 Å². The maximum absolute atomic E-state index is 4.22. The van der Waals surface area contributed by atoms with Crippen LogP contribution in [0.25, 0.3) is 10.9 Å². The molecule has 3 heteroatoms. The molecule has 0 saturated heterocycles. The molecule has 74 valence electrons. The molecule has 0 saturated carbocycles. The number of hydrogen-bond donors (Lipinski definition) is 1. The molecule has 0 amide bonds. The van der Waals surface area contributed by atoms with Gasteiger partial charge >= 0.3 is 0 Å². The summed E-state index contributed by atoms with van der Waals surface area (Å²) in [6.45, 7) is 4.39. The van der Waals surface area contributed by atoms with Gasteiger partial charge in [-0.05, 0) is 17.5 Å². The highest BCUT2D eigenvalue weighted by Crippen LogP contribution is 2.20. The molecule has 1 aromatic carbocycles. The number of nitrogens with zero attached hydrogens (tertiary/aromatic N) is 2. The van der Waals surface area contributed by atoms with Crippen LogP contribution in [0.4, 0.5) is 0 Å². The van der Waals surface area contributed by atoms with E-state index < -0.39 is 0 Å². The van der Waals surface area contributed by atoms with E-state index in [1.54, 1.807) is 4.79 Å². The monoisotopic (exact) mass is 189 g/mol. The van der Waals surface area contributed by atoms with E-state index in [-0.39, 0.29) is 0 Å². The Morgan fingerprint density at radius 3 is 2.79 bits per heavy atom. The van der Waals surface area contributed by atoms with Gasteiger partial charge in [0.25, 0.3) is 0 Å². The summed E-state index contributed by atoms with van der Waals surface area (Å²) in [5.74, 6) is 0.555.